The van der Waals surface area contributed by atoms with Crippen LogP contribution in [0.15, 0.2) is 47.5 Å². The van der Waals surface area contributed by atoms with Crippen molar-refractivity contribution in [1.82, 2.24) is 3.97 Å². The summed E-state index contributed by atoms with van der Waals surface area (Å²) in [6.07, 6.45) is 1.36. The zero-order chi connectivity index (χ0) is 18.4. The molecule has 0 unspecified atom stereocenters. The third-order valence-corrected chi connectivity index (χ3v) is 5.93. The van der Waals surface area contributed by atoms with Crippen LogP contribution in [0.5, 0.6) is 0 Å². The second-order valence-corrected chi connectivity index (χ2v) is 7.71. The number of rotatable bonds is 4. The zero-order valence-corrected chi connectivity index (χ0v) is 14.7. The van der Waals surface area contributed by atoms with Crippen molar-refractivity contribution >= 4 is 38.2 Å². The Bertz CT molecular complexity index is 1060. The van der Waals surface area contributed by atoms with Crippen molar-refractivity contribution in [2.75, 3.05) is 5.23 Å². The summed E-state index contributed by atoms with van der Waals surface area (Å²) in [4.78, 5) is -0.178. The molecule has 1 heterocycles. The Morgan fingerprint density at radius 3 is 2.56 bits per heavy atom. The molecule has 0 bridgehead atoms. The Morgan fingerprint density at radius 1 is 1.20 bits per heavy atom. The summed E-state index contributed by atoms with van der Waals surface area (Å²) in [6, 6.07) is 8.77. The van der Waals surface area contributed by atoms with Gasteiger partial charge >= 0.3 is 0 Å². The molecule has 0 aliphatic heterocycles. The Morgan fingerprint density at radius 2 is 1.92 bits per heavy atom. The van der Waals surface area contributed by atoms with Gasteiger partial charge in [0.25, 0.3) is 10.0 Å². The fraction of sp³-hybridized carbons (Fsp3) is 0.125. The first-order valence-corrected chi connectivity index (χ1v) is 9.02. The molecule has 0 saturated heterocycles. The Balaban J connectivity index is 2.28. The minimum absolute atomic E-state index is 0.0202. The molecule has 0 spiro atoms. The minimum atomic E-state index is -4.05. The molecule has 9 heteroatoms. The Hall–Kier alpha value is -2.10. The summed E-state index contributed by atoms with van der Waals surface area (Å²) in [5.74, 6) is 0. The van der Waals surface area contributed by atoms with E-state index in [0.29, 0.717) is 16.5 Å². The van der Waals surface area contributed by atoms with Crippen LogP contribution in [0, 0.1) is 6.92 Å². The molecule has 25 heavy (non-hydrogen) atoms. The van der Waals surface area contributed by atoms with Crippen LogP contribution in [0.4, 0.5) is 5.69 Å². The van der Waals surface area contributed by atoms with Gasteiger partial charge in [-0.1, -0.05) is 23.7 Å². The standard InChI is InChI=1S/C16H15ClN2O5S/c1-10-3-2-4-14-16(10)11(9-20)8-18(14)25(23,24)12-5-6-13(17)15(7-12)19(21)22/h2-8,20-22H,9H2,1H3. The van der Waals surface area contributed by atoms with E-state index >= 15 is 0 Å². The van der Waals surface area contributed by atoms with Gasteiger partial charge in [0, 0.05) is 17.1 Å². The molecule has 0 atom stereocenters. The predicted octanol–water partition coefficient (Wildman–Crippen LogP) is 2.92. The van der Waals surface area contributed by atoms with E-state index in [-0.39, 0.29) is 27.4 Å². The summed E-state index contributed by atoms with van der Waals surface area (Å²) in [7, 11) is -4.05. The molecule has 7 nitrogen and oxygen atoms in total. The van der Waals surface area contributed by atoms with Crippen molar-refractivity contribution in [1.29, 1.82) is 0 Å². The molecule has 1 aromatic heterocycles. The lowest BCUT2D eigenvalue weighted by Gasteiger charge is -2.13. The average molecular weight is 383 g/mol. The fourth-order valence-electron chi connectivity index (χ4n) is 2.77. The molecule has 0 aliphatic rings. The van der Waals surface area contributed by atoms with Crippen molar-refractivity contribution in [2.24, 2.45) is 0 Å². The maximum atomic E-state index is 13.0. The molecule has 0 fully saturated rings. The SMILES string of the molecule is Cc1cccc2c1c(CO)cn2S(=O)(=O)c1ccc(Cl)c(N(O)O)c1. The van der Waals surface area contributed by atoms with Crippen LogP contribution in [0.1, 0.15) is 11.1 Å². The van der Waals surface area contributed by atoms with Gasteiger partial charge in [-0.05, 0) is 36.8 Å². The van der Waals surface area contributed by atoms with Crippen molar-refractivity contribution in [3.05, 3.63) is 58.7 Å². The summed E-state index contributed by atoms with van der Waals surface area (Å²) >= 11 is 5.83. The highest BCUT2D eigenvalue weighted by molar-refractivity contribution is 7.90. The average Bonchev–Trinajstić information content (AvgIpc) is 2.95. The Kier molecular flexibility index (Phi) is 4.48. The third kappa shape index (κ3) is 2.88. The minimum Gasteiger partial charge on any atom is -0.392 e. The molecule has 0 saturated carbocycles. The zero-order valence-electron chi connectivity index (χ0n) is 13.1. The van der Waals surface area contributed by atoms with Crippen LogP contribution in [-0.2, 0) is 16.6 Å². The number of benzene rings is 2. The first-order chi connectivity index (χ1) is 11.8. The summed E-state index contributed by atoms with van der Waals surface area (Å²) in [6.45, 7) is 1.52. The number of halogens is 1. The second kappa shape index (κ2) is 6.32. The van der Waals surface area contributed by atoms with Crippen molar-refractivity contribution in [2.45, 2.75) is 18.4 Å². The van der Waals surface area contributed by atoms with E-state index in [1.54, 1.807) is 12.1 Å². The van der Waals surface area contributed by atoms with Gasteiger partial charge in [-0.2, -0.15) is 0 Å². The monoisotopic (exact) mass is 382 g/mol. The number of hydrogen-bond acceptors (Lipinski definition) is 6. The number of aliphatic hydroxyl groups excluding tert-OH is 1. The lowest BCUT2D eigenvalue weighted by atomic mass is 10.1. The van der Waals surface area contributed by atoms with Gasteiger partial charge in [-0.25, -0.2) is 12.4 Å². The molecule has 0 aliphatic carbocycles. The predicted molar refractivity (Wildman–Crippen MR) is 92.7 cm³/mol. The first kappa shape index (κ1) is 17.7. The lowest BCUT2D eigenvalue weighted by Crippen LogP contribution is -2.15. The van der Waals surface area contributed by atoms with Gasteiger partial charge in [0.05, 0.1) is 22.0 Å². The molecule has 3 N–H and O–H groups in total. The number of nitrogens with zero attached hydrogens (tertiary/aromatic N) is 2. The van der Waals surface area contributed by atoms with Crippen LogP contribution < -0.4 is 5.23 Å². The number of hydrogen-bond donors (Lipinski definition) is 3. The number of anilines is 1. The van der Waals surface area contributed by atoms with Crippen molar-refractivity contribution < 1.29 is 23.9 Å². The van der Waals surface area contributed by atoms with Crippen LogP contribution in [0.25, 0.3) is 10.9 Å². The first-order valence-electron chi connectivity index (χ1n) is 7.20. The van der Waals surface area contributed by atoms with E-state index < -0.39 is 10.0 Å². The number of fused-ring (bicyclic) bond motifs is 1. The van der Waals surface area contributed by atoms with E-state index in [0.717, 1.165) is 15.6 Å². The molecule has 132 valence electrons. The van der Waals surface area contributed by atoms with Gasteiger partial charge in [0.2, 0.25) is 0 Å². The fourth-order valence-corrected chi connectivity index (χ4v) is 4.37. The maximum absolute atomic E-state index is 13.0. The van der Waals surface area contributed by atoms with Gasteiger partial charge in [0.1, 0.15) is 5.69 Å². The van der Waals surface area contributed by atoms with E-state index in [1.807, 2.05) is 13.0 Å². The van der Waals surface area contributed by atoms with Gasteiger partial charge < -0.3 is 5.11 Å². The smallest absolute Gasteiger partial charge is 0.268 e. The molecule has 2 aromatic carbocycles. The number of aliphatic hydroxyl groups is 1. The van der Waals surface area contributed by atoms with Gasteiger partial charge in [0.15, 0.2) is 0 Å². The van der Waals surface area contributed by atoms with Gasteiger partial charge in [-0.15, -0.1) is 5.23 Å². The highest BCUT2D eigenvalue weighted by atomic mass is 35.5. The van der Waals surface area contributed by atoms with Crippen LogP contribution in [0.3, 0.4) is 0 Å². The molecule has 0 amide bonds. The summed E-state index contributed by atoms with van der Waals surface area (Å²) in [5, 5.41) is 28.3. The normalized spacial score (nSPS) is 11.9. The number of aromatic nitrogens is 1. The Labute approximate surface area is 148 Å². The highest BCUT2D eigenvalue weighted by Gasteiger charge is 2.23. The molecule has 3 aromatic rings. The third-order valence-electron chi connectivity index (χ3n) is 3.94. The van der Waals surface area contributed by atoms with E-state index in [2.05, 4.69) is 0 Å². The second-order valence-electron chi connectivity index (χ2n) is 5.49. The van der Waals surface area contributed by atoms with Crippen LogP contribution in [0.2, 0.25) is 5.02 Å². The van der Waals surface area contributed by atoms with E-state index in [1.165, 1.54) is 18.3 Å². The molecular weight excluding hydrogens is 368 g/mol. The maximum Gasteiger partial charge on any atom is 0.268 e. The van der Waals surface area contributed by atoms with Crippen LogP contribution >= 0.6 is 11.6 Å². The van der Waals surface area contributed by atoms with Crippen LogP contribution in [-0.4, -0.2) is 27.9 Å². The molecule has 3 rings (SSSR count). The number of aryl methyl sites for hydroxylation is 1. The summed E-state index contributed by atoms with van der Waals surface area (Å²) < 4.78 is 27.1. The van der Waals surface area contributed by atoms with Crippen molar-refractivity contribution in [3.63, 3.8) is 0 Å². The summed E-state index contributed by atoms with van der Waals surface area (Å²) in [5.41, 5.74) is 1.48. The quantitative estimate of drug-likeness (QED) is 0.599. The van der Waals surface area contributed by atoms with Gasteiger partial charge in [-0.3, -0.25) is 10.4 Å². The topological polar surface area (TPSA) is 103 Å². The van der Waals surface area contributed by atoms with E-state index in [9.17, 15) is 23.9 Å². The highest BCUT2D eigenvalue weighted by Crippen LogP contribution is 2.31. The van der Waals surface area contributed by atoms with Crippen molar-refractivity contribution in [3.8, 4) is 0 Å². The molecular formula is C16H15ClN2O5S. The largest absolute Gasteiger partial charge is 0.392 e. The molecule has 0 radical (unpaired) electrons. The lowest BCUT2D eigenvalue weighted by molar-refractivity contribution is 0.0291. The van der Waals surface area contributed by atoms with E-state index in [4.69, 9.17) is 11.6 Å².